The average molecular weight is 384 g/mol. The molecule has 0 aromatic heterocycles. The molecule has 1 N–H and O–H groups in total. The van der Waals surface area contributed by atoms with E-state index in [1.807, 2.05) is 42.5 Å². The van der Waals surface area contributed by atoms with E-state index in [4.69, 9.17) is 14.2 Å². The molecule has 1 heterocycles. The number of carbonyl (C=O) groups excluding carboxylic acids is 1. The first-order valence-corrected chi connectivity index (χ1v) is 9.50. The van der Waals surface area contributed by atoms with E-state index < -0.39 is 0 Å². The highest BCUT2D eigenvalue weighted by atomic mass is 16.5. The van der Waals surface area contributed by atoms with Crippen LogP contribution in [0.2, 0.25) is 0 Å². The third-order valence-electron chi connectivity index (χ3n) is 5.13. The highest BCUT2D eigenvalue weighted by molar-refractivity contribution is 5.78. The normalized spacial score (nSPS) is 16.6. The fraction of sp³-hybridized carbons (Fsp3) is 0.409. The first-order chi connectivity index (χ1) is 13.6. The summed E-state index contributed by atoms with van der Waals surface area (Å²) in [5.41, 5.74) is 2.08. The molecule has 6 nitrogen and oxygen atoms in total. The summed E-state index contributed by atoms with van der Waals surface area (Å²) in [4.78, 5) is 14.7. The molecular weight excluding hydrogens is 356 g/mol. The molecule has 28 heavy (non-hydrogen) atoms. The largest absolute Gasteiger partial charge is 0.497 e. The van der Waals surface area contributed by atoms with Crippen LogP contribution in [-0.2, 0) is 11.3 Å². The van der Waals surface area contributed by atoms with Crippen LogP contribution in [0.5, 0.6) is 17.2 Å². The van der Waals surface area contributed by atoms with Crippen molar-refractivity contribution in [2.45, 2.75) is 25.4 Å². The number of benzene rings is 2. The predicted octanol–water partition coefficient (Wildman–Crippen LogP) is 3.17. The number of nitrogens with zero attached hydrogens (tertiary/aromatic N) is 1. The lowest BCUT2D eigenvalue weighted by Crippen LogP contribution is -2.36. The minimum Gasteiger partial charge on any atom is -0.497 e. The second-order valence-electron chi connectivity index (χ2n) is 6.86. The Labute approximate surface area is 166 Å². The lowest BCUT2D eigenvalue weighted by Gasteiger charge is -2.26. The summed E-state index contributed by atoms with van der Waals surface area (Å²) in [6.07, 6.45) is 2.04. The van der Waals surface area contributed by atoms with E-state index in [2.05, 4.69) is 10.2 Å². The number of likely N-dealkylation sites (tertiary alicyclic amines) is 1. The summed E-state index contributed by atoms with van der Waals surface area (Å²) in [6, 6.07) is 13.7. The second kappa shape index (κ2) is 9.46. The van der Waals surface area contributed by atoms with Gasteiger partial charge in [-0.3, -0.25) is 9.69 Å². The number of carbonyl (C=O) groups is 1. The highest BCUT2D eigenvalue weighted by Gasteiger charge is 2.30. The van der Waals surface area contributed by atoms with Crippen molar-refractivity contribution >= 4 is 5.91 Å². The van der Waals surface area contributed by atoms with Crippen molar-refractivity contribution in [2.24, 2.45) is 0 Å². The van der Waals surface area contributed by atoms with Gasteiger partial charge in [0.25, 0.3) is 0 Å². The lowest BCUT2D eigenvalue weighted by molar-refractivity contribution is -0.122. The van der Waals surface area contributed by atoms with Crippen LogP contribution in [0.4, 0.5) is 0 Å². The molecule has 1 fully saturated rings. The molecule has 150 valence electrons. The molecule has 2 aromatic rings. The minimum absolute atomic E-state index is 0.0107. The van der Waals surface area contributed by atoms with Crippen molar-refractivity contribution in [2.75, 3.05) is 34.4 Å². The van der Waals surface area contributed by atoms with Crippen molar-refractivity contribution in [1.29, 1.82) is 0 Å². The fourth-order valence-corrected chi connectivity index (χ4v) is 3.69. The Hall–Kier alpha value is -2.73. The number of hydrogen-bond acceptors (Lipinski definition) is 5. The van der Waals surface area contributed by atoms with E-state index in [0.29, 0.717) is 13.1 Å². The molecule has 0 radical (unpaired) electrons. The maximum Gasteiger partial charge on any atom is 0.234 e. The van der Waals surface area contributed by atoms with Crippen LogP contribution in [0.15, 0.2) is 42.5 Å². The molecule has 1 amide bonds. The molecule has 0 saturated carbocycles. The van der Waals surface area contributed by atoms with Gasteiger partial charge in [0.1, 0.15) is 17.2 Å². The van der Waals surface area contributed by atoms with E-state index >= 15 is 0 Å². The third-order valence-corrected chi connectivity index (χ3v) is 5.13. The van der Waals surface area contributed by atoms with Gasteiger partial charge in [0.15, 0.2) is 0 Å². The van der Waals surface area contributed by atoms with Crippen molar-refractivity contribution in [3.05, 3.63) is 53.6 Å². The van der Waals surface area contributed by atoms with Gasteiger partial charge in [-0.25, -0.2) is 0 Å². The van der Waals surface area contributed by atoms with Crippen LogP contribution in [0.3, 0.4) is 0 Å². The van der Waals surface area contributed by atoms with Gasteiger partial charge in [-0.2, -0.15) is 0 Å². The smallest absolute Gasteiger partial charge is 0.234 e. The number of nitrogens with one attached hydrogen (secondary N) is 1. The van der Waals surface area contributed by atoms with Crippen molar-refractivity contribution in [1.82, 2.24) is 10.2 Å². The van der Waals surface area contributed by atoms with Crippen LogP contribution >= 0.6 is 0 Å². The fourth-order valence-electron chi connectivity index (χ4n) is 3.69. The summed E-state index contributed by atoms with van der Waals surface area (Å²) in [5.74, 6) is 2.42. The molecule has 1 unspecified atom stereocenters. The zero-order valence-corrected chi connectivity index (χ0v) is 16.7. The van der Waals surface area contributed by atoms with Gasteiger partial charge in [0.2, 0.25) is 5.91 Å². The van der Waals surface area contributed by atoms with Gasteiger partial charge in [0.05, 0.1) is 27.9 Å². The second-order valence-corrected chi connectivity index (χ2v) is 6.86. The van der Waals surface area contributed by atoms with Gasteiger partial charge in [-0.15, -0.1) is 0 Å². The van der Waals surface area contributed by atoms with Crippen molar-refractivity contribution in [3.63, 3.8) is 0 Å². The first-order valence-electron chi connectivity index (χ1n) is 9.50. The van der Waals surface area contributed by atoms with Gasteiger partial charge < -0.3 is 19.5 Å². The number of amides is 1. The molecule has 1 atom stereocenters. The molecule has 1 aliphatic rings. The van der Waals surface area contributed by atoms with Crippen LogP contribution in [0.25, 0.3) is 0 Å². The molecule has 0 spiro atoms. The van der Waals surface area contributed by atoms with E-state index in [9.17, 15) is 4.79 Å². The number of methoxy groups -OCH3 is 3. The number of hydrogen-bond donors (Lipinski definition) is 1. The Morgan fingerprint density at radius 1 is 1.07 bits per heavy atom. The molecule has 1 aliphatic heterocycles. The monoisotopic (exact) mass is 384 g/mol. The number of ether oxygens (including phenoxy) is 3. The summed E-state index contributed by atoms with van der Waals surface area (Å²) in [5, 5.41) is 3.01. The Bertz CT molecular complexity index is 809. The number of rotatable bonds is 8. The average Bonchev–Trinajstić information content (AvgIpc) is 3.19. The van der Waals surface area contributed by atoms with Crippen molar-refractivity contribution in [3.8, 4) is 17.2 Å². The minimum atomic E-state index is 0.0107. The maximum atomic E-state index is 12.5. The third kappa shape index (κ3) is 4.75. The topological polar surface area (TPSA) is 60.0 Å². The van der Waals surface area contributed by atoms with E-state index in [1.165, 1.54) is 0 Å². The molecule has 6 heteroatoms. The van der Waals surface area contributed by atoms with E-state index in [1.54, 1.807) is 21.3 Å². The van der Waals surface area contributed by atoms with E-state index in [-0.39, 0.29) is 11.9 Å². The molecule has 2 aromatic carbocycles. The van der Waals surface area contributed by atoms with Crippen LogP contribution in [0.1, 0.15) is 30.0 Å². The van der Waals surface area contributed by atoms with Crippen LogP contribution in [-0.4, -0.2) is 45.2 Å². The maximum absolute atomic E-state index is 12.5. The van der Waals surface area contributed by atoms with Gasteiger partial charge in [0, 0.05) is 18.2 Å². The zero-order chi connectivity index (χ0) is 19.9. The van der Waals surface area contributed by atoms with Gasteiger partial charge >= 0.3 is 0 Å². The summed E-state index contributed by atoms with van der Waals surface area (Å²) >= 11 is 0. The lowest BCUT2D eigenvalue weighted by atomic mass is 10.0. The molecular formula is C22H28N2O4. The molecule has 3 rings (SSSR count). The van der Waals surface area contributed by atoms with Crippen LogP contribution in [0, 0.1) is 0 Å². The van der Waals surface area contributed by atoms with Gasteiger partial charge in [-0.05, 0) is 55.3 Å². The molecule has 0 aliphatic carbocycles. The quantitative estimate of drug-likeness (QED) is 0.758. The Morgan fingerprint density at radius 2 is 1.86 bits per heavy atom. The first kappa shape index (κ1) is 20.0. The van der Waals surface area contributed by atoms with Crippen LogP contribution < -0.4 is 19.5 Å². The molecule has 0 bridgehead atoms. The highest BCUT2D eigenvalue weighted by Crippen LogP contribution is 2.38. The standard InChI is InChI=1S/C22H28N2O4/c1-26-17-7-4-6-16(12-17)14-23-22(25)15-24-11-5-8-20(24)19-13-18(27-2)9-10-21(19)28-3/h4,6-7,9-10,12-13,20H,5,8,11,14-15H2,1-3H3,(H,23,25). The molecule has 1 saturated heterocycles. The Kier molecular flexibility index (Phi) is 6.76. The Morgan fingerprint density at radius 3 is 2.61 bits per heavy atom. The summed E-state index contributed by atoms with van der Waals surface area (Å²) in [6.45, 7) is 1.73. The SMILES string of the molecule is COc1cccc(CNC(=O)CN2CCCC2c2cc(OC)ccc2OC)c1. The van der Waals surface area contributed by atoms with Crippen molar-refractivity contribution < 1.29 is 19.0 Å². The summed E-state index contributed by atoms with van der Waals surface area (Å²) in [7, 11) is 4.97. The Balaban J connectivity index is 1.64. The van der Waals surface area contributed by atoms with Gasteiger partial charge in [-0.1, -0.05) is 12.1 Å². The zero-order valence-electron chi connectivity index (χ0n) is 16.7. The van der Waals surface area contributed by atoms with E-state index in [0.717, 1.165) is 47.8 Å². The summed E-state index contributed by atoms with van der Waals surface area (Å²) < 4.78 is 16.1. The predicted molar refractivity (Wildman–Crippen MR) is 108 cm³/mol.